The van der Waals surface area contributed by atoms with Crippen molar-refractivity contribution in [2.24, 2.45) is 0 Å². The highest BCUT2D eigenvalue weighted by Gasteiger charge is 2.26. The summed E-state index contributed by atoms with van der Waals surface area (Å²) in [5, 5.41) is 11.7. The van der Waals surface area contributed by atoms with E-state index in [1.807, 2.05) is 12.1 Å². The zero-order valence-electron chi connectivity index (χ0n) is 13.9. The first-order valence-electron chi connectivity index (χ1n) is 7.65. The van der Waals surface area contributed by atoms with Gasteiger partial charge in [-0.1, -0.05) is 42.5 Å². The Hall–Kier alpha value is -3.33. The molecule has 0 spiro atoms. The summed E-state index contributed by atoms with van der Waals surface area (Å²) in [7, 11) is 1.26. The molecule has 0 fully saturated rings. The Morgan fingerprint density at radius 3 is 2.36 bits per heavy atom. The number of hydrogen-bond acceptors (Lipinski definition) is 5. The third-order valence-electron chi connectivity index (χ3n) is 3.54. The Labute approximate surface area is 146 Å². The molecule has 1 amide bonds. The zero-order valence-corrected chi connectivity index (χ0v) is 13.9. The summed E-state index contributed by atoms with van der Waals surface area (Å²) in [5.74, 6) is -0.766. The van der Waals surface area contributed by atoms with Gasteiger partial charge in [0.25, 0.3) is 5.91 Å². The molecule has 2 aromatic rings. The molecule has 0 aliphatic heterocycles. The molecule has 0 aliphatic rings. The number of hydrogen-bond donors (Lipinski definition) is 1. The quantitative estimate of drug-likeness (QED) is 0.817. The first kappa shape index (κ1) is 18.0. The summed E-state index contributed by atoms with van der Waals surface area (Å²) in [6.45, 7) is 1.54. The lowest BCUT2D eigenvalue weighted by Gasteiger charge is -2.20. The lowest BCUT2D eigenvalue weighted by Crippen LogP contribution is -2.41. The van der Waals surface area contributed by atoms with Crippen molar-refractivity contribution in [3.63, 3.8) is 0 Å². The second-order valence-electron chi connectivity index (χ2n) is 5.24. The lowest BCUT2D eigenvalue weighted by molar-refractivity contribution is -0.146. The molecule has 1 N–H and O–H groups in total. The zero-order chi connectivity index (χ0) is 18.2. The number of carbonyl (C=O) groups excluding carboxylic acids is 2. The van der Waals surface area contributed by atoms with E-state index in [2.05, 4.69) is 5.32 Å². The molecule has 0 saturated carbocycles. The molecule has 0 radical (unpaired) electrons. The molecule has 128 valence electrons. The summed E-state index contributed by atoms with van der Waals surface area (Å²) in [6, 6.07) is 16.5. The van der Waals surface area contributed by atoms with E-state index in [1.165, 1.54) is 7.11 Å². The molecule has 0 aliphatic carbocycles. The SMILES string of the molecule is COC(=O)[C@@H](NC(=O)[C@@H](C)Oc1ccccc1C#N)c1ccccc1. The van der Waals surface area contributed by atoms with Crippen LogP contribution in [0.5, 0.6) is 5.75 Å². The van der Waals surface area contributed by atoms with Crippen LogP contribution in [0.3, 0.4) is 0 Å². The van der Waals surface area contributed by atoms with Gasteiger partial charge < -0.3 is 14.8 Å². The van der Waals surface area contributed by atoms with Gasteiger partial charge in [-0.05, 0) is 24.6 Å². The number of nitrogens with one attached hydrogen (secondary N) is 1. The van der Waals surface area contributed by atoms with Crippen LogP contribution in [0.15, 0.2) is 54.6 Å². The van der Waals surface area contributed by atoms with Gasteiger partial charge >= 0.3 is 5.97 Å². The second kappa shape index (κ2) is 8.50. The van der Waals surface area contributed by atoms with E-state index in [0.717, 1.165) is 0 Å². The van der Waals surface area contributed by atoms with Gasteiger partial charge in [0.2, 0.25) is 0 Å². The molecule has 2 rings (SSSR count). The highest BCUT2D eigenvalue weighted by Crippen LogP contribution is 2.19. The topological polar surface area (TPSA) is 88.4 Å². The van der Waals surface area contributed by atoms with Crippen LogP contribution in [0.1, 0.15) is 24.1 Å². The number of amides is 1. The Bertz CT molecular complexity index is 784. The van der Waals surface area contributed by atoms with Gasteiger partial charge in [0.1, 0.15) is 11.8 Å². The molecule has 0 heterocycles. The summed E-state index contributed by atoms with van der Waals surface area (Å²) in [4.78, 5) is 24.4. The van der Waals surface area contributed by atoms with Crippen molar-refractivity contribution in [3.8, 4) is 11.8 Å². The van der Waals surface area contributed by atoms with Gasteiger partial charge in [0.15, 0.2) is 12.1 Å². The minimum absolute atomic E-state index is 0.307. The minimum atomic E-state index is -0.934. The lowest BCUT2D eigenvalue weighted by atomic mass is 10.1. The largest absolute Gasteiger partial charge is 0.480 e. The number of esters is 1. The number of carbonyl (C=O) groups is 2. The first-order valence-corrected chi connectivity index (χ1v) is 7.65. The molecular weight excluding hydrogens is 320 g/mol. The number of nitriles is 1. The van der Waals surface area contributed by atoms with Crippen LogP contribution in [0, 0.1) is 11.3 Å². The van der Waals surface area contributed by atoms with Gasteiger partial charge in [-0.15, -0.1) is 0 Å². The Kier molecular flexibility index (Phi) is 6.13. The van der Waals surface area contributed by atoms with Gasteiger partial charge in [0.05, 0.1) is 12.7 Å². The molecule has 0 unspecified atom stereocenters. The van der Waals surface area contributed by atoms with Crippen LogP contribution in [0.4, 0.5) is 0 Å². The average molecular weight is 338 g/mol. The molecular formula is C19H18N2O4. The number of ether oxygens (including phenoxy) is 2. The standard InChI is InChI=1S/C19H18N2O4/c1-13(25-16-11-7-6-10-15(16)12-20)18(22)21-17(19(23)24-2)14-8-4-3-5-9-14/h3-11,13,17H,1-2H3,(H,21,22)/t13-,17+/m1/s1. The van der Waals surface area contributed by atoms with Crippen molar-refractivity contribution in [1.82, 2.24) is 5.32 Å². The number of nitrogens with zero attached hydrogens (tertiary/aromatic N) is 1. The third kappa shape index (κ3) is 4.58. The fraction of sp³-hybridized carbons (Fsp3) is 0.211. The highest BCUT2D eigenvalue weighted by molar-refractivity contribution is 5.87. The van der Waals surface area contributed by atoms with Crippen LogP contribution in [-0.4, -0.2) is 25.1 Å². The number of benzene rings is 2. The van der Waals surface area contributed by atoms with E-state index in [1.54, 1.807) is 55.5 Å². The Morgan fingerprint density at radius 2 is 1.72 bits per heavy atom. The van der Waals surface area contributed by atoms with E-state index in [-0.39, 0.29) is 0 Å². The van der Waals surface area contributed by atoms with Crippen molar-refractivity contribution in [2.75, 3.05) is 7.11 Å². The molecule has 25 heavy (non-hydrogen) atoms. The molecule has 0 saturated heterocycles. The summed E-state index contributed by atoms with van der Waals surface area (Å²) in [5.41, 5.74) is 0.932. The van der Waals surface area contributed by atoms with Gasteiger partial charge in [-0.2, -0.15) is 5.26 Å². The van der Waals surface area contributed by atoms with Crippen LogP contribution in [0.2, 0.25) is 0 Å². The second-order valence-corrected chi connectivity index (χ2v) is 5.24. The monoisotopic (exact) mass is 338 g/mol. The molecule has 2 atom stereocenters. The van der Waals surface area contributed by atoms with E-state index < -0.39 is 24.0 Å². The summed E-state index contributed by atoms with van der Waals surface area (Å²) in [6.07, 6.45) is -0.898. The Balaban J connectivity index is 2.12. The number of methoxy groups -OCH3 is 1. The van der Waals surface area contributed by atoms with Crippen molar-refractivity contribution >= 4 is 11.9 Å². The van der Waals surface area contributed by atoms with Crippen LogP contribution < -0.4 is 10.1 Å². The van der Waals surface area contributed by atoms with Crippen molar-refractivity contribution in [2.45, 2.75) is 19.1 Å². The predicted molar refractivity (Wildman–Crippen MR) is 90.6 cm³/mol. The molecule has 0 aromatic heterocycles. The normalized spacial score (nSPS) is 12.4. The van der Waals surface area contributed by atoms with Gasteiger partial charge in [-0.25, -0.2) is 4.79 Å². The van der Waals surface area contributed by atoms with Gasteiger partial charge in [-0.3, -0.25) is 4.79 Å². The summed E-state index contributed by atoms with van der Waals surface area (Å²) < 4.78 is 10.3. The summed E-state index contributed by atoms with van der Waals surface area (Å²) >= 11 is 0. The first-order chi connectivity index (χ1) is 12.1. The minimum Gasteiger partial charge on any atom is -0.480 e. The Morgan fingerprint density at radius 1 is 1.08 bits per heavy atom. The predicted octanol–water partition coefficient (Wildman–Crippen LogP) is 2.36. The van der Waals surface area contributed by atoms with Crippen LogP contribution in [0.25, 0.3) is 0 Å². The van der Waals surface area contributed by atoms with E-state index in [4.69, 9.17) is 14.7 Å². The molecule has 6 heteroatoms. The molecule has 0 bridgehead atoms. The fourth-order valence-electron chi connectivity index (χ4n) is 2.21. The van der Waals surface area contributed by atoms with E-state index in [9.17, 15) is 9.59 Å². The van der Waals surface area contributed by atoms with Gasteiger partial charge in [0, 0.05) is 0 Å². The maximum Gasteiger partial charge on any atom is 0.333 e. The number of rotatable bonds is 6. The fourth-order valence-corrected chi connectivity index (χ4v) is 2.21. The van der Waals surface area contributed by atoms with Crippen molar-refractivity contribution in [3.05, 3.63) is 65.7 Å². The van der Waals surface area contributed by atoms with Crippen molar-refractivity contribution < 1.29 is 19.1 Å². The van der Waals surface area contributed by atoms with Crippen molar-refractivity contribution in [1.29, 1.82) is 5.26 Å². The molecule has 6 nitrogen and oxygen atoms in total. The van der Waals surface area contributed by atoms with E-state index >= 15 is 0 Å². The smallest absolute Gasteiger partial charge is 0.333 e. The van der Waals surface area contributed by atoms with Crippen LogP contribution in [-0.2, 0) is 14.3 Å². The highest BCUT2D eigenvalue weighted by atomic mass is 16.5. The number of para-hydroxylation sites is 1. The van der Waals surface area contributed by atoms with Crippen LogP contribution >= 0.6 is 0 Å². The maximum atomic E-state index is 12.4. The third-order valence-corrected chi connectivity index (χ3v) is 3.54. The average Bonchev–Trinajstić information content (AvgIpc) is 2.66. The molecule has 2 aromatic carbocycles. The maximum absolute atomic E-state index is 12.4. The van der Waals surface area contributed by atoms with E-state index in [0.29, 0.717) is 16.9 Å².